The molecule has 3 rings (SSSR count). The van der Waals surface area contributed by atoms with Gasteiger partial charge in [0, 0.05) is 12.3 Å². The van der Waals surface area contributed by atoms with Crippen molar-refractivity contribution >= 4 is 11.6 Å². The molecule has 0 bridgehead atoms. The minimum Gasteiger partial charge on any atom is -0.379 e. The number of amides is 1. The topological polar surface area (TPSA) is 41.9 Å². The van der Waals surface area contributed by atoms with Gasteiger partial charge >= 0.3 is 0 Å². The van der Waals surface area contributed by atoms with E-state index in [0.717, 1.165) is 37.5 Å². The van der Waals surface area contributed by atoms with Gasteiger partial charge in [-0.1, -0.05) is 0 Å². The molecule has 1 saturated carbocycles. The molecule has 1 unspecified atom stereocenters. The molecule has 16 heavy (non-hydrogen) atoms. The molecule has 0 aromatic rings. The van der Waals surface area contributed by atoms with Crippen molar-refractivity contribution < 1.29 is 9.53 Å². The Balaban J connectivity index is 1.64. The van der Waals surface area contributed by atoms with E-state index in [0.29, 0.717) is 13.0 Å². The van der Waals surface area contributed by atoms with Crippen LogP contribution in [0.4, 0.5) is 0 Å². The quantitative estimate of drug-likeness (QED) is 0.727. The van der Waals surface area contributed by atoms with E-state index in [1.165, 1.54) is 12.8 Å². The van der Waals surface area contributed by atoms with Crippen LogP contribution in [0.5, 0.6) is 0 Å². The van der Waals surface area contributed by atoms with Gasteiger partial charge in [0.25, 0.3) is 0 Å². The number of carbonyl (C=O) groups excluding carboxylic acids is 1. The summed E-state index contributed by atoms with van der Waals surface area (Å²) in [5.74, 6) is 0.986. The van der Waals surface area contributed by atoms with Crippen molar-refractivity contribution in [2.24, 2.45) is 11.0 Å². The number of hydrazone groups is 1. The van der Waals surface area contributed by atoms with Crippen LogP contribution in [0.2, 0.25) is 0 Å². The average molecular weight is 222 g/mol. The molecule has 2 aliphatic heterocycles. The van der Waals surface area contributed by atoms with E-state index < -0.39 is 0 Å². The Morgan fingerprint density at radius 3 is 2.94 bits per heavy atom. The van der Waals surface area contributed by atoms with E-state index in [1.807, 2.05) is 0 Å². The lowest BCUT2D eigenvalue weighted by molar-refractivity contribution is -0.133. The summed E-state index contributed by atoms with van der Waals surface area (Å²) in [6.07, 6.45) is 6.30. The molecular formula is C12H18N2O2. The van der Waals surface area contributed by atoms with Crippen LogP contribution in [0.1, 0.15) is 38.5 Å². The Bertz CT molecular complexity index is 317. The highest BCUT2D eigenvalue weighted by Crippen LogP contribution is 2.34. The van der Waals surface area contributed by atoms with Crippen LogP contribution >= 0.6 is 0 Å². The van der Waals surface area contributed by atoms with Crippen LogP contribution in [-0.4, -0.2) is 35.9 Å². The Kier molecular flexibility index (Phi) is 2.67. The van der Waals surface area contributed by atoms with Crippen molar-refractivity contribution in [2.75, 3.05) is 13.2 Å². The summed E-state index contributed by atoms with van der Waals surface area (Å²) in [6.45, 7) is 1.49. The third-order valence-electron chi connectivity index (χ3n) is 3.56. The summed E-state index contributed by atoms with van der Waals surface area (Å²) in [5.41, 5.74) is 1.10. The minimum atomic E-state index is 0.172. The largest absolute Gasteiger partial charge is 0.379 e. The van der Waals surface area contributed by atoms with Crippen LogP contribution in [0.15, 0.2) is 5.10 Å². The second kappa shape index (κ2) is 4.17. The normalized spacial score (nSPS) is 30.8. The van der Waals surface area contributed by atoms with Crippen LogP contribution < -0.4 is 0 Å². The zero-order chi connectivity index (χ0) is 11.0. The number of hydrogen-bond acceptors (Lipinski definition) is 3. The zero-order valence-corrected chi connectivity index (χ0v) is 9.52. The monoisotopic (exact) mass is 222 g/mol. The van der Waals surface area contributed by atoms with Crippen molar-refractivity contribution in [2.45, 2.75) is 44.6 Å². The highest BCUT2D eigenvalue weighted by Gasteiger charge is 2.33. The van der Waals surface area contributed by atoms with E-state index in [4.69, 9.17) is 4.74 Å². The fourth-order valence-electron chi connectivity index (χ4n) is 2.47. The summed E-state index contributed by atoms with van der Waals surface area (Å²) in [7, 11) is 0. The molecule has 1 saturated heterocycles. The Morgan fingerprint density at radius 1 is 1.38 bits per heavy atom. The van der Waals surface area contributed by atoms with E-state index in [1.54, 1.807) is 5.01 Å². The van der Waals surface area contributed by atoms with Gasteiger partial charge in [-0.05, 0) is 38.0 Å². The first-order chi connectivity index (χ1) is 7.83. The van der Waals surface area contributed by atoms with Gasteiger partial charge in [-0.3, -0.25) is 4.79 Å². The summed E-state index contributed by atoms with van der Waals surface area (Å²) in [6, 6.07) is 0.193. The molecule has 0 N–H and O–H groups in total. The fraction of sp³-hybridized carbons (Fsp3) is 0.833. The first-order valence-electron chi connectivity index (χ1n) is 6.29. The molecule has 0 aromatic heterocycles. The highest BCUT2D eigenvalue weighted by atomic mass is 16.5. The first-order valence-corrected chi connectivity index (χ1v) is 6.29. The molecule has 1 aliphatic carbocycles. The standard InChI is InChI=1S/C12H18N2O2/c15-12-7-10(6-9-3-4-9)13-14(12)11-2-1-5-16-8-11/h9,11H,1-8H2. The molecule has 88 valence electrons. The smallest absolute Gasteiger partial charge is 0.248 e. The molecule has 1 amide bonds. The van der Waals surface area contributed by atoms with Gasteiger partial charge in [-0.2, -0.15) is 5.10 Å². The van der Waals surface area contributed by atoms with Gasteiger partial charge in [-0.25, -0.2) is 5.01 Å². The third-order valence-corrected chi connectivity index (χ3v) is 3.56. The first kappa shape index (κ1) is 10.3. The lowest BCUT2D eigenvalue weighted by Crippen LogP contribution is -2.39. The summed E-state index contributed by atoms with van der Waals surface area (Å²) in [4.78, 5) is 11.8. The number of ether oxygens (including phenoxy) is 1. The van der Waals surface area contributed by atoms with Gasteiger partial charge in [0.15, 0.2) is 0 Å². The number of rotatable bonds is 3. The lowest BCUT2D eigenvalue weighted by Gasteiger charge is -2.27. The second-order valence-corrected chi connectivity index (χ2v) is 5.10. The maximum Gasteiger partial charge on any atom is 0.248 e. The minimum absolute atomic E-state index is 0.172. The van der Waals surface area contributed by atoms with Gasteiger partial charge in [0.05, 0.1) is 19.1 Å². The fourth-order valence-corrected chi connectivity index (χ4v) is 2.47. The number of nitrogens with zero attached hydrogens (tertiary/aromatic N) is 2. The van der Waals surface area contributed by atoms with Gasteiger partial charge in [-0.15, -0.1) is 0 Å². The van der Waals surface area contributed by atoms with Crippen LogP contribution in [0.3, 0.4) is 0 Å². The van der Waals surface area contributed by atoms with Crippen molar-refractivity contribution in [3.8, 4) is 0 Å². The molecular weight excluding hydrogens is 204 g/mol. The summed E-state index contributed by atoms with van der Waals surface area (Å²) < 4.78 is 5.41. The van der Waals surface area contributed by atoms with Crippen molar-refractivity contribution in [3.63, 3.8) is 0 Å². The summed E-state index contributed by atoms with van der Waals surface area (Å²) >= 11 is 0. The Labute approximate surface area is 95.6 Å². The van der Waals surface area contributed by atoms with Gasteiger partial charge < -0.3 is 4.74 Å². The maximum absolute atomic E-state index is 11.8. The predicted octanol–water partition coefficient (Wildman–Crippen LogP) is 1.55. The van der Waals surface area contributed by atoms with E-state index in [2.05, 4.69) is 5.10 Å². The molecule has 0 radical (unpaired) electrons. The average Bonchev–Trinajstić information content (AvgIpc) is 3.03. The number of carbonyl (C=O) groups is 1. The van der Waals surface area contributed by atoms with E-state index in [9.17, 15) is 4.79 Å². The second-order valence-electron chi connectivity index (χ2n) is 5.10. The number of hydrogen-bond donors (Lipinski definition) is 0. The molecule has 0 aromatic carbocycles. The predicted molar refractivity (Wildman–Crippen MR) is 60.1 cm³/mol. The zero-order valence-electron chi connectivity index (χ0n) is 9.52. The maximum atomic E-state index is 11.8. The van der Waals surface area contributed by atoms with E-state index in [-0.39, 0.29) is 11.9 Å². The molecule has 4 nitrogen and oxygen atoms in total. The van der Waals surface area contributed by atoms with Crippen molar-refractivity contribution in [3.05, 3.63) is 0 Å². The van der Waals surface area contributed by atoms with Crippen LogP contribution in [-0.2, 0) is 9.53 Å². The Hall–Kier alpha value is -0.900. The highest BCUT2D eigenvalue weighted by molar-refractivity contribution is 6.05. The summed E-state index contributed by atoms with van der Waals surface area (Å²) in [5, 5.41) is 6.18. The third kappa shape index (κ3) is 2.12. The lowest BCUT2D eigenvalue weighted by atomic mass is 10.1. The molecule has 0 spiro atoms. The molecule has 3 aliphatic rings. The molecule has 2 fully saturated rings. The molecule has 1 atom stereocenters. The van der Waals surface area contributed by atoms with Gasteiger partial charge in [0.2, 0.25) is 5.91 Å². The SMILES string of the molecule is O=C1CC(CC2CC2)=NN1C1CCCOC1. The Morgan fingerprint density at radius 2 is 2.25 bits per heavy atom. The molecule has 2 heterocycles. The van der Waals surface area contributed by atoms with Crippen molar-refractivity contribution in [1.29, 1.82) is 0 Å². The van der Waals surface area contributed by atoms with Crippen LogP contribution in [0.25, 0.3) is 0 Å². The van der Waals surface area contributed by atoms with Crippen LogP contribution in [0, 0.1) is 5.92 Å². The van der Waals surface area contributed by atoms with E-state index >= 15 is 0 Å². The van der Waals surface area contributed by atoms with Gasteiger partial charge in [0.1, 0.15) is 0 Å². The van der Waals surface area contributed by atoms with Crippen molar-refractivity contribution in [1.82, 2.24) is 5.01 Å². The molecule has 4 heteroatoms.